The summed E-state index contributed by atoms with van der Waals surface area (Å²) >= 11 is 9.16. The van der Waals surface area contributed by atoms with E-state index in [4.69, 9.17) is 16.7 Å². The van der Waals surface area contributed by atoms with Crippen LogP contribution < -0.4 is 5.14 Å². The number of hydrogen-bond donors (Lipinski definition) is 1. The van der Waals surface area contributed by atoms with E-state index in [1.807, 2.05) is 0 Å². The van der Waals surface area contributed by atoms with E-state index in [0.717, 1.165) is 12.8 Å². The van der Waals surface area contributed by atoms with Gasteiger partial charge in [-0.2, -0.15) is 0 Å². The summed E-state index contributed by atoms with van der Waals surface area (Å²) in [5, 5.41) is 5.33. The number of nitrogens with two attached hydrogens (primary N) is 1. The van der Waals surface area contributed by atoms with Crippen LogP contribution in [0, 0.1) is 5.92 Å². The SMILES string of the molecule is CN(CC1CCC1)C(=O)c1cc(S(N)(=O)=O)c(Br)cc1Cl. The molecule has 21 heavy (non-hydrogen) atoms. The van der Waals surface area contributed by atoms with Crippen LogP contribution in [0.1, 0.15) is 29.6 Å². The molecule has 1 fully saturated rings. The molecule has 0 heterocycles. The van der Waals surface area contributed by atoms with Crippen LogP contribution in [0.3, 0.4) is 0 Å². The number of benzene rings is 1. The van der Waals surface area contributed by atoms with Crippen LogP contribution in [-0.2, 0) is 10.0 Å². The van der Waals surface area contributed by atoms with Crippen LogP contribution >= 0.6 is 27.5 Å². The maximum atomic E-state index is 12.4. The number of nitrogens with zero attached hydrogens (tertiary/aromatic N) is 1. The fraction of sp³-hybridized carbons (Fsp3) is 0.462. The van der Waals surface area contributed by atoms with Crippen molar-refractivity contribution in [1.29, 1.82) is 0 Å². The van der Waals surface area contributed by atoms with Gasteiger partial charge < -0.3 is 4.90 Å². The van der Waals surface area contributed by atoms with Crippen molar-refractivity contribution in [2.24, 2.45) is 11.1 Å². The Morgan fingerprint density at radius 2 is 2.10 bits per heavy atom. The van der Waals surface area contributed by atoms with Gasteiger partial charge in [0.05, 0.1) is 15.5 Å². The molecule has 1 aromatic rings. The first kappa shape index (κ1) is 16.7. The highest BCUT2D eigenvalue weighted by molar-refractivity contribution is 9.10. The lowest BCUT2D eigenvalue weighted by molar-refractivity contribution is 0.0745. The molecule has 2 rings (SSSR count). The molecule has 8 heteroatoms. The Balaban J connectivity index is 2.31. The molecule has 1 amide bonds. The monoisotopic (exact) mass is 394 g/mol. The topological polar surface area (TPSA) is 80.5 Å². The first-order chi connectivity index (χ1) is 9.70. The summed E-state index contributed by atoms with van der Waals surface area (Å²) in [6.07, 6.45) is 3.43. The van der Waals surface area contributed by atoms with Gasteiger partial charge in [0.1, 0.15) is 0 Å². The molecule has 1 aromatic carbocycles. The molecule has 2 N–H and O–H groups in total. The van der Waals surface area contributed by atoms with Crippen LogP contribution in [-0.4, -0.2) is 32.8 Å². The predicted molar refractivity (Wildman–Crippen MR) is 84.8 cm³/mol. The number of halogens is 2. The average molecular weight is 396 g/mol. The van der Waals surface area contributed by atoms with Gasteiger partial charge in [0, 0.05) is 18.1 Å². The Bertz CT molecular complexity index is 674. The van der Waals surface area contributed by atoms with E-state index in [-0.39, 0.29) is 25.9 Å². The standard InChI is InChI=1S/C13H16BrClN2O3S/c1-17(7-8-3-2-4-8)13(18)9-5-12(21(16,19)20)10(14)6-11(9)15/h5-6,8H,2-4,7H2,1H3,(H2,16,19,20). The normalized spacial score (nSPS) is 15.6. The number of rotatable bonds is 4. The van der Waals surface area contributed by atoms with Crippen molar-refractivity contribution in [2.75, 3.05) is 13.6 Å². The van der Waals surface area contributed by atoms with Crippen LogP contribution in [0.4, 0.5) is 0 Å². The maximum absolute atomic E-state index is 12.4. The van der Waals surface area contributed by atoms with Gasteiger partial charge in [0.2, 0.25) is 10.0 Å². The molecule has 0 radical (unpaired) electrons. The molecule has 0 saturated heterocycles. The number of carbonyl (C=O) groups excluding carboxylic acids is 1. The van der Waals surface area contributed by atoms with Gasteiger partial charge in [0.15, 0.2) is 0 Å². The molecule has 0 spiro atoms. The molecule has 0 aromatic heterocycles. The van der Waals surface area contributed by atoms with E-state index in [1.165, 1.54) is 18.6 Å². The van der Waals surface area contributed by atoms with Crippen molar-refractivity contribution in [3.63, 3.8) is 0 Å². The van der Waals surface area contributed by atoms with E-state index in [0.29, 0.717) is 12.5 Å². The summed E-state index contributed by atoms with van der Waals surface area (Å²) < 4.78 is 23.3. The van der Waals surface area contributed by atoms with Gasteiger partial charge in [-0.3, -0.25) is 4.79 Å². The molecule has 0 aliphatic heterocycles. The molecule has 5 nitrogen and oxygen atoms in total. The molecule has 0 bridgehead atoms. The lowest BCUT2D eigenvalue weighted by Gasteiger charge is -2.30. The van der Waals surface area contributed by atoms with Crippen molar-refractivity contribution in [2.45, 2.75) is 24.2 Å². The smallest absolute Gasteiger partial charge is 0.255 e. The number of primary sulfonamides is 1. The van der Waals surface area contributed by atoms with Crippen molar-refractivity contribution in [1.82, 2.24) is 4.90 Å². The second kappa shape index (κ2) is 6.24. The lowest BCUT2D eigenvalue weighted by atomic mass is 9.85. The summed E-state index contributed by atoms with van der Waals surface area (Å²) in [5.74, 6) is 0.218. The molecular weight excluding hydrogens is 380 g/mol. The third-order valence-electron chi connectivity index (χ3n) is 3.66. The Hall–Kier alpha value is -0.630. The highest BCUT2D eigenvalue weighted by atomic mass is 79.9. The van der Waals surface area contributed by atoms with Gasteiger partial charge in [-0.1, -0.05) is 18.0 Å². The minimum Gasteiger partial charge on any atom is -0.341 e. The molecule has 0 unspecified atom stereocenters. The Morgan fingerprint density at radius 3 is 2.57 bits per heavy atom. The fourth-order valence-electron chi connectivity index (χ4n) is 2.26. The Kier molecular flexibility index (Phi) is 4.97. The highest BCUT2D eigenvalue weighted by Gasteiger charge is 2.25. The molecular formula is C13H16BrClN2O3S. The number of sulfonamides is 1. The number of hydrogen-bond acceptors (Lipinski definition) is 3. The second-order valence-corrected chi connectivity index (χ2v) is 8.08. The van der Waals surface area contributed by atoms with Crippen LogP contribution in [0.5, 0.6) is 0 Å². The number of amides is 1. The largest absolute Gasteiger partial charge is 0.341 e. The van der Waals surface area contributed by atoms with Crippen molar-refractivity contribution in [3.05, 3.63) is 27.2 Å². The van der Waals surface area contributed by atoms with Gasteiger partial charge in [-0.05, 0) is 46.8 Å². The molecule has 1 aliphatic carbocycles. The third kappa shape index (κ3) is 3.77. The second-order valence-electron chi connectivity index (χ2n) is 5.29. The zero-order valence-electron chi connectivity index (χ0n) is 11.5. The Morgan fingerprint density at radius 1 is 1.48 bits per heavy atom. The van der Waals surface area contributed by atoms with Crippen LogP contribution in [0.25, 0.3) is 0 Å². The lowest BCUT2D eigenvalue weighted by Crippen LogP contribution is -2.34. The zero-order chi connectivity index (χ0) is 15.8. The van der Waals surface area contributed by atoms with E-state index in [1.54, 1.807) is 11.9 Å². The quantitative estimate of drug-likeness (QED) is 0.851. The number of carbonyl (C=O) groups is 1. The van der Waals surface area contributed by atoms with E-state index in [9.17, 15) is 13.2 Å². The van der Waals surface area contributed by atoms with Gasteiger partial charge >= 0.3 is 0 Å². The molecule has 1 saturated carbocycles. The van der Waals surface area contributed by atoms with Gasteiger partial charge in [0.25, 0.3) is 5.91 Å². The van der Waals surface area contributed by atoms with Crippen LogP contribution in [0.15, 0.2) is 21.5 Å². The van der Waals surface area contributed by atoms with E-state index < -0.39 is 10.0 Å². The van der Waals surface area contributed by atoms with Crippen LogP contribution in [0.2, 0.25) is 5.02 Å². The zero-order valence-corrected chi connectivity index (χ0v) is 14.6. The molecule has 0 atom stereocenters. The first-order valence-electron chi connectivity index (χ1n) is 6.47. The third-order valence-corrected chi connectivity index (χ3v) is 5.84. The average Bonchev–Trinajstić information content (AvgIpc) is 2.31. The molecule has 1 aliphatic rings. The summed E-state index contributed by atoms with van der Waals surface area (Å²) in [6, 6.07) is 2.60. The highest BCUT2D eigenvalue weighted by Crippen LogP contribution is 2.30. The van der Waals surface area contributed by atoms with E-state index in [2.05, 4.69) is 15.9 Å². The minimum atomic E-state index is -3.92. The Labute approximate surface area is 137 Å². The summed E-state index contributed by atoms with van der Waals surface area (Å²) in [5.41, 5.74) is 0.144. The van der Waals surface area contributed by atoms with Crippen molar-refractivity contribution >= 4 is 43.5 Å². The van der Waals surface area contributed by atoms with Gasteiger partial charge in [-0.15, -0.1) is 0 Å². The van der Waals surface area contributed by atoms with E-state index >= 15 is 0 Å². The van der Waals surface area contributed by atoms with Crippen molar-refractivity contribution < 1.29 is 13.2 Å². The predicted octanol–water partition coefficient (Wildman–Crippen LogP) is 2.62. The van der Waals surface area contributed by atoms with Gasteiger partial charge in [-0.25, -0.2) is 13.6 Å². The minimum absolute atomic E-state index is 0.144. The summed E-state index contributed by atoms with van der Waals surface area (Å²) in [4.78, 5) is 13.9. The first-order valence-corrected chi connectivity index (χ1v) is 9.19. The molecule has 116 valence electrons. The summed E-state index contributed by atoms with van der Waals surface area (Å²) in [7, 11) is -2.23. The summed E-state index contributed by atoms with van der Waals surface area (Å²) in [6.45, 7) is 0.649. The maximum Gasteiger partial charge on any atom is 0.255 e. The van der Waals surface area contributed by atoms with Crippen molar-refractivity contribution in [3.8, 4) is 0 Å². The fourth-order valence-corrected chi connectivity index (χ4v) is 4.27.